The van der Waals surface area contributed by atoms with Gasteiger partial charge in [0.2, 0.25) is 0 Å². The van der Waals surface area contributed by atoms with Crippen molar-refractivity contribution in [2.24, 2.45) is 0 Å². The number of nitrogens with one attached hydrogen (secondary N) is 1. The molecule has 0 spiro atoms. The van der Waals surface area contributed by atoms with E-state index in [2.05, 4.69) is 35.1 Å². The van der Waals surface area contributed by atoms with Crippen LogP contribution in [0.25, 0.3) is 11.0 Å². The highest BCUT2D eigenvalue weighted by atomic mass is 16.5. The Bertz CT molecular complexity index is 511. The predicted octanol–water partition coefficient (Wildman–Crippen LogP) is 2.16. The number of hydrogen-bond donors (Lipinski definition) is 1. The number of benzene rings is 1. The fourth-order valence-electron chi connectivity index (χ4n) is 2.09. The van der Waals surface area contributed by atoms with Gasteiger partial charge in [0.15, 0.2) is 0 Å². The average molecular weight is 202 g/mol. The van der Waals surface area contributed by atoms with E-state index in [0.717, 1.165) is 30.1 Å². The first-order valence-electron chi connectivity index (χ1n) is 5.22. The number of H-pyrrole nitrogens is 1. The average Bonchev–Trinajstić information content (AvgIpc) is 2.53. The molecule has 78 valence electrons. The molecule has 2 aromatic rings. The van der Waals surface area contributed by atoms with Crippen LogP contribution in [0.2, 0.25) is 0 Å². The molecule has 0 radical (unpaired) electrons. The van der Waals surface area contributed by atoms with Crippen LogP contribution in [0.3, 0.4) is 0 Å². The molecule has 1 saturated heterocycles. The molecule has 3 rings (SSSR count). The van der Waals surface area contributed by atoms with Gasteiger partial charge in [-0.15, -0.1) is 0 Å². The molecule has 1 N–H and O–H groups in total. The molecule has 0 amide bonds. The number of imidazole rings is 1. The van der Waals surface area contributed by atoms with Gasteiger partial charge in [-0.2, -0.15) is 0 Å². The van der Waals surface area contributed by atoms with Crippen LogP contribution in [0.1, 0.15) is 18.3 Å². The maximum atomic E-state index is 5.28. The number of fused-ring (bicyclic) bond motifs is 1. The van der Waals surface area contributed by atoms with Crippen molar-refractivity contribution in [3.63, 3.8) is 0 Å². The molecule has 0 unspecified atom stereocenters. The Balaban J connectivity index is 2.13. The van der Waals surface area contributed by atoms with Crippen LogP contribution in [-0.4, -0.2) is 23.2 Å². The lowest BCUT2D eigenvalue weighted by atomic mass is 9.81. The molecule has 1 aliphatic heterocycles. The first kappa shape index (κ1) is 8.92. The van der Waals surface area contributed by atoms with E-state index < -0.39 is 0 Å². The maximum absolute atomic E-state index is 5.28. The van der Waals surface area contributed by atoms with E-state index in [9.17, 15) is 0 Å². The summed E-state index contributed by atoms with van der Waals surface area (Å²) in [7, 11) is 0. The van der Waals surface area contributed by atoms with Crippen LogP contribution in [0, 0.1) is 6.92 Å². The zero-order chi connectivity index (χ0) is 10.5. The summed E-state index contributed by atoms with van der Waals surface area (Å²) >= 11 is 0. The summed E-state index contributed by atoms with van der Waals surface area (Å²) < 4.78 is 5.28. The molecule has 1 aliphatic rings. The Kier molecular flexibility index (Phi) is 1.68. The monoisotopic (exact) mass is 202 g/mol. The first-order chi connectivity index (χ1) is 7.17. The molecule has 1 fully saturated rings. The van der Waals surface area contributed by atoms with Crippen LogP contribution >= 0.6 is 0 Å². The third kappa shape index (κ3) is 1.27. The molecule has 0 atom stereocenters. The molecule has 0 aliphatic carbocycles. The molecular weight excluding hydrogens is 188 g/mol. The standard InChI is InChI=1S/C12H14N2O/c1-8-13-10-4-3-9(5-11(10)14-8)12(2)6-15-7-12/h3-5H,6-7H2,1-2H3,(H,13,14). The fraction of sp³-hybridized carbons (Fsp3) is 0.417. The number of aromatic nitrogens is 2. The number of ether oxygens (including phenoxy) is 1. The van der Waals surface area contributed by atoms with Crippen LogP contribution in [-0.2, 0) is 10.2 Å². The molecule has 0 bridgehead atoms. The first-order valence-corrected chi connectivity index (χ1v) is 5.22. The highest BCUT2D eigenvalue weighted by molar-refractivity contribution is 5.76. The zero-order valence-corrected chi connectivity index (χ0v) is 9.00. The van der Waals surface area contributed by atoms with E-state index in [-0.39, 0.29) is 5.41 Å². The van der Waals surface area contributed by atoms with Gasteiger partial charge >= 0.3 is 0 Å². The second-order valence-electron chi connectivity index (χ2n) is 4.61. The molecule has 1 aromatic heterocycles. The fourth-order valence-corrected chi connectivity index (χ4v) is 2.09. The number of aryl methyl sites for hydroxylation is 1. The molecule has 3 nitrogen and oxygen atoms in total. The van der Waals surface area contributed by atoms with Crippen molar-refractivity contribution in [2.45, 2.75) is 19.3 Å². The molecule has 2 heterocycles. The van der Waals surface area contributed by atoms with Gasteiger partial charge in [-0.1, -0.05) is 13.0 Å². The smallest absolute Gasteiger partial charge is 0.104 e. The predicted molar refractivity (Wildman–Crippen MR) is 59.0 cm³/mol. The summed E-state index contributed by atoms with van der Waals surface area (Å²) in [5, 5.41) is 0. The Morgan fingerprint density at radius 3 is 2.87 bits per heavy atom. The minimum Gasteiger partial charge on any atom is -0.379 e. The highest BCUT2D eigenvalue weighted by Gasteiger charge is 2.35. The Morgan fingerprint density at radius 1 is 1.40 bits per heavy atom. The van der Waals surface area contributed by atoms with E-state index in [1.54, 1.807) is 0 Å². The van der Waals surface area contributed by atoms with Crippen LogP contribution in [0.5, 0.6) is 0 Å². The van der Waals surface area contributed by atoms with Gasteiger partial charge in [-0.3, -0.25) is 0 Å². The second kappa shape index (κ2) is 2.83. The van der Waals surface area contributed by atoms with Gasteiger partial charge in [0, 0.05) is 5.41 Å². The van der Waals surface area contributed by atoms with Crippen molar-refractivity contribution >= 4 is 11.0 Å². The number of rotatable bonds is 1. The van der Waals surface area contributed by atoms with Gasteiger partial charge in [0.1, 0.15) is 5.82 Å². The normalized spacial score (nSPS) is 19.1. The SMILES string of the molecule is Cc1nc2ccc(C3(C)COC3)cc2[nH]1. The molecule has 3 heteroatoms. The van der Waals surface area contributed by atoms with Crippen molar-refractivity contribution in [1.29, 1.82) is 0 Å². The lowest BCUT2D eigenvalue weighted by molar-refractivity contribution is -0.0499. The topological polar surface area (TPSA) is 37.9 Å². The van der Waals surface area contributed by atoms with Gasteiger partial charge in [0.05, 0.1) is 24.2 Å². The Labute approximate surface area is 88.5 Å². The summed E-state index contributed by atoms with van der Waals surface area (Å²) in [4.78, 5) is 7.66. The third-order valence-electron chi connectivity index (χ3n) is 3.14. The summed E-state index contributed by atoms with van der Waals surface area (Å²) in [6.07, 6.45) is 0. The highest BCUT2D eigenvalue weighted by Crippen LogP contribution is 2.32. The van der Waals surface area contributed by atoms with E-state index in [4.69, 9.17) is 4.74 Å². The van der Waals surface area contributed by atoms with E-state index in [1.807, 2.05) is 6.92 Å². The van der Waals surface area contributed by atoms with Crippen molar-refractivity contribution in [3.8, 4) is 0 Å². The Hall–Kier alpha value is -1.35. The van der Waals surface area contributed by atoms with Crippen molar-refractivity contribution in [2.75, 3.05) is 13.2 Å². The summed E-state index contributed by atoms with van der Waals surface area (Å²) in [5.74, 6) is 0.970. The number of nitrogens with zero attached hydrogens (tertiary/aromatic N) is 1. The second-order valence-corrected chi connectivity index (χ2v) is 4.61. The lowest BCUT2D eigenvalue weighted by Crippen LogP contribution is -2.43. The summed E-state index contributed by atoms with van der Waals surface area (Å²) in [6, 6.07) is 6.43. The van der Waals surface area contributed by atoms with E-state index in [1.165, 1.54) is 5.56 Å². The summed E-state index contributed by atoms with van der Waals surface area (Å²) in [6.45, 7) is 5.87. The maximum Gasteiger partial charge on any atom is 0.104 e. The lowest BCUT2D eigenvalue weighted by Gasteiger charge is -2.38. The van der Waals surface area contributed by atoms with Crippen LogP contribution < -0.4 is 0 Å². The van der Waals surface area contributed by atoms with Gasteiger partial charge in [-0.05, 0) is 24.6 Å². The minimum absolute atomic E-state index is 0.202. The molecule has 15 heavy (non-hydrogen) atoms. The van der Waals surface area contributed by atoms with Crippen LogP contribution in [0.15, 0.2) is 18.2 Å². The van der Waals surface area contributed by atoms with Gasteiger partial charge in [0.25, 0.3) is 0 Å². The van der Waals surface area contributed by atoms with Crippen LogP contribution in [0.4, 0.5) is 0 Å². The van der Waals surface area contributed by atoms with E-state index in [0.29, 0.717) is 0 Å². The molecular formula is C12H14N2O. The third-order valence-corrected chi connectivity index (χ3v) is 3.14. The van der Waals surface area contributed by atoms with Crippen molar-refractivity contribution < 1.29 is 4.74 Å². The molecule has 1 aromatic carbocycles. The quantitative estimate of drug-likeness (QED) is 0.769. The minimum atomic E-state index is 0.202. The zero-order valence-electron chi connectivity index (χ0n) is 9.00. The summed E-state index contributed by atoms with van der Waals surface area (Å²) in [5.41, 5.74) is 3.70. The van der Waals surface area contributed by atoms with Gasteiger partial charge in [-0.25, -0.2) is 4.98 Å². The largest absolute Gasteiger partial charge is 0.379 e. The van der Waals surface area contributed by atoms with Gasteiger partial charge < -0.3 is 9.72 Å². The molecule has 0 saturated carbocycles. The van der Waals surface area contributed by atoms with Crippen molar-refractivity contribution in [1.82, 2.24) is 9.97 Å². The number of aromatic amines is 1. The Morgan fingerprint density at radius 2 is 2.20 bits per heavy atom. The number of hydrogen-bond acceptors (Lipinski definition) is 2. The van der Waals surface area contributed by atoms with E-state index >= 15 is 0 Å². The van der Waals surface area contributed by atoms with Crippen molar-refractivity contribution in [3.05, 3.63) is 29.6 Å².